The maximum absolute atomic E-state index is 12.9. The van der Waals surface area contributed by atoms with Crippen LogP contribution in [-0.4, -0.2) is 68.4 Å². The average molecular weight is 699 g/mol. The lowest BCUT2D eigenvalue weighted by atomic mass is 9.88. The zero-order chi connectivity index (χ0) is 35.6. The van der Waals surface area contributed by atoms with Crippen LogP contribution in [-0.2, 0) is 18.5 Å². The number of amides is 1. The Morgan fingerprint density at radius 3 is 2.29 bits per heavy atom. The largest absolute Gasteiger partial charge is 0.497 e. The first-order chi connectivity index (χ1) is 24.6. The summed E-state index contributed by atoms with van der Waals surface area (Å²) in [4.78, 5) is 24.3. The molecule has 0 saturated carbocycles. The van der Waals surface area contributed by atoms with Crippen molar-refractivity contribution in [1.29, 1.82) is 0 Å². The molecule has 0 fully saturated rings. The van der Waals surface area contributed by atoms with Crippen molar-refractivity contribution in [3.05, 3.63) is 108 Å². The molecular formula is C40H42N6O4Si. The van der Waals surface area contributed by atoms with Crippen molar-refractivity contribution in [1.82, 2.24) is 28.4 Å². The molecule has 4 aromatic heterocycles. The third kappa shape index (κ3) is 5.48. The third-order valence-corrected chi connectivity index (χ3v) is 12.0. The Bertz CT molecular complexity index is 2410. The highest BCUT2D eigenvalue weighted by molar-refractivity contribution is 6.76. The fourth-order valence-electron chi connectivity index (χ4n) is 7.68. The van der Waals surface area contributed by atoms with Crippen LogP contribution in [0.1, 0.15) is 28.9 Å². The first kappa shape index (κ1) is 32.8. The van der Waals surface area contributed by atoms with E-state index in [0.717, 1.165) is 72.9 Å². The number of aryl methyl sites for hydroxylation is 1. The fourth-order valence-corrected chi connectivity index (χ4v) is 8.44. The molecule has 4 heterocycles. The van der Waals surface area contributed by atoms with Gasteiger partial charge in [-0.1, -0.05) is 68.2 Å². The highest BCUT2D eigenvalue weighted by Gasteiger charge is 2.41. The number of fused-ring (bicyclic) bond motifs is 7. The Balaban J connectivity index is 1.37. The van der Waals surface area contributed by atoms with E-state index in [9.17, 15) is 9.90 Å². The molecule has 1 aliphatic carbocycles. The third-order valence-electron chi connectivity index (χ3n) is 10.3. The summed E-state index contributed by atoms with van der Waals surface area (Å²) in [6.07, 6.45) is 4.72. The molecule has 0 radical (unpaired) electrons. The predicted octanol–water partition coefficient (Wildman–Crippen LogP) is 8.63. The van der Waals surface area contributed by atoms with Gasteiger partial charge in [-0.05, 0) is 52.6 Å². The number of carbonyl (C=O) groups is 1. The lowest BCUT2D eigenvalue weighted by Gasteiger charge is -2.31. The standard InChI is InChI=1S/C40H42N6O4Si/c1-43-23-32(31-19-26(49-3)15-16-33(31)43)34-20-35-38(45(34)24-50-17-18-51(4,5)6)41-21-25-22-42-39(46(25)35)37(44(2)40(47)48)36-29-13-9-7-11-27(29)28-12-8-10-14-30(28)36/h7-16,19-23,36-37H,17-18,24H2,1-6H3,(H,47,48). The van der Waals surface area contributed by atoms with E-state index in [0.29, 0.717) is 19.2 Å². The van der Waals surface area contributed by atoms with E-state index in [1.807, 2.05) is 43.6 Å². The second kappa shape index (κ2) is 12.4. The maximum atomic E-state index is 12.9. The topological polar surface area (TPSA) is 99.1 Å². The Morgan fingerprint density at radius 2 is 1.63 bits per heavy atom. The summed E-state index contributed by atoms with van der Waals surface area (Å²) in [7, 11) is 4.05. The van der Waals surface area contributed by atoms with Gasteiger partial charge < -0.3 is 24.0 Å². The molecule has 1 amide bonds. The van der Waals surface area contributed by atoms with Crippen LogP contribution in [0, 0.1) is 0 Å². The van der Waals surface area contributed by atoms with Crippen LogP contribution < -0.4 is 4.74 Å². The van der Waals surface area contributed by atoms with E-state index in [2.05, 4.69) is 81.8 Å². The second-order valence-electron chi connectivity index (χ2n) is 14.7. The summed E-state index contributed by atoms with van der Waals surface area (Å²) < 4.78 is 18.4. The van der Waals surface area contributed by atoms with Gasteiger partial charge in [0.25, 0.3) is 0 Å². The van der Waals surface area contributed by atoms with Crippen molar-refractivity contribution >= 4 is 41.8 Å². The maximum Gasteiger partial charge on any atom is 0.407 e. The number of rotatable bonds is 10. The number of hydrogen-bond donors (Lipinski definition) is 1. The van der Waals surface area contributed by atoms with E-state index in [1.54, 1.807) is 20.4 Å². The molecular weight excluding hydrogens is 657 g/mol. The van der Waals surface area contributed by atoms with Crippen LogP contribution >= 0.6 is 0 Å². The number of aromatic nitrogens is 5. The van der Waals surface area contributed by atoms with Gasteiger partial charge in [0, 0.05) is 57.4 Å². The van der Waals surface area contributed by atoms with E-state index in [1.165, 1.54) is 4.90 Å². The zero-order valence-corrected chi connectivity index (χ0v) is 30.8. The van der Waals surface area contributed by atoms with Crippen LogP contribution in [0.25, 0.3) is 50.0 Å². The molecule has 1 aliphatic rings. The SMILES string of the molecule is COc1ccc2c(c1)c(-c1cc3c(ncc4cnc(C(C5c6ccccc6-c6ccccc65)N(C)C(=O)O)n43)n1COCC[Si](C)(C)C)cn2C. The lowest BCUT2D eigenvalue weighted by molar-refractivity contribution is 0.0909. The highest BCUT2D eigenvalue weighted by Crippen LogP contribution is 2.51. The van der Waals surface area contributed by atoms with Crippen LogP contribution in [0.2, 0.25) is 25.7 Å². The monoisotopic (exact) mass is 698 g/mol. The number of methoxy groups -OCH3 is 1. The zero-order valence-electron chi connectivity index (χ0n) is 29.8. The smallest absolute Gasteiger partial charge is 0.407 e. The number of carboxylic acid groups (broad SMARTS) is 1. The molecule has 8 rings (SSSR count). The molecule has 1 N–H and O–H groups in total. The normalized spacial score (nSPS) is 13.6. The van der Waals surface area contributed by atoms with Gasteiger partial charge in [0.1, 0.15) is 24.3 Å². The molecule has 3 aromatic carbocycles. The summed E-state index contributed by atoms with van der Waals surface area (Å²) >= 11 is 0. The second-order valence-corrected chi connectivity index (χ2v) is 20.3. The van der Waals surface area contributed by atoms with Crippen LogP contribution in [0.15, 0.2) is 91.4 Å². The van der Waals surface area contributed by atoms with Gasteiger partial charge in [-0.3, -0.25) is 8.97 Å². The summed E-state index contributed by atoms with van der Waals surface area (Å²) in [6.45, 7) is 8.01. The summed E-state index contributed by atoms with van der Waals surface area (Å²) in [5.74, 6) is 1.13. The Hall–Kier alpha value is -5.39. The Labute approximate surface area is 297 Å². The van der Waals surface area contributed by atoms with Gasteiger partial charge >= 0.3 is 6.09 Å². The minimum atomic E-state index is -1.32. The average Bonchev–Trinajstić information content (AvgIpc) is 3.87. The molecule has 11 heteroatoms. The molecule has 0 aliphatic heterocycles. The number of hydrogen-bond acceptors (Lipinski definition) is 5. The first-order valence-electron chi connectivity index (χ1n) is 17.3. The van der Waals surface area contributed by atoms with Gasteiger partial charge in [0.15, 0.2) is 5.65 Å². The van der Waals surface area contributed by atoms with Gasteiger partial charge in [-0.25, -0.2) is 14.8 Å². The number of imidazole rings is 1. The summed E-state index contributed by atoms with van der Waals surface area (Å²) in [6, 6.07) is 25.2. The number of likely N-dealkylation sites (N-methyl/N-ethyl adjacent to an activating group) is 1. The van der Waals surface area contributed by atoms with Crippen molar-refractivity contribution in [2.45, 2.75) is 44.4 Å². The van der Waals surface area contributed by atoms with Crippen molar-refractivity contribution in [3.8, 4) is 28.1 Å². The Morgan fingerprint density at radius 1 is 0.941 bits per heavy atom. The van der Waals surface area contributed by atoms with E-state index >= 15 is 0 Å². The van der Waals surface area contributed by atoms with Crippen molar-refractivity contribution in [2.24, 2.45) is 7.05 Å². The molecule has 10 nitrogen and oxygen atoms in total. The molecule has 0 saturated heterocycles. The quantitative estimate of drug-likeness (QED) is 0.113. The molecule has 1 unspecified atom stereocenters. The van der Waals surface area contributed by atoms with Gasteiger partial charge in [0.05, 0.1) is 36.2 Å². The van der Waals surface area contributed by atoms with Crippen molar-refractivity contribution in [2.75, 3.05) is 20.8 Å². The van der Waals surface area contributed by atoms with E-state index in [-0.39, 0.29) is 5.92 Å². The number of benzene rings is 3. The Kier molecular flexibility index (Phi) is 7.99. The fraction of sp³-hybridized carbons (Fsp3) is 0.275. The van der Waals surface area contributed by atoms with Gasteiger partial charge in [0.2, 0.25) is 0 Å². The molecule has 1 atom stereocenters. The van der Waals surface area contributed by atoms with Crippen LogP contribution in [0.4, 0.5) is 4.79 Å². The molecule has 0 spiro atoms. The highest BCUT2D eigenvalue weighted by atomic mass is 28.3. The predicted molar refractivity (Wildman–Crippen MR) is 203 cm³/mol. The minimum Gasteiger partial charge on any atom is -0.497 e. The van der Waals surface area contributed by atoms with Crippen LogP contribution in [0.5, 0.6) is 5.75 Å². The van der Waals surface area contributed by atoms with Crippen LogP contribution in [0.3, 0.4) is 0 Å². The van der Waals surface area contributed by atoms with Crippen molar-refractivity contribution in [3.63, 3.8) is 0 Å². The molecule has 51 heavy (non-hydrogen) atoms. The van der Waals surface area contributed by atoms with Crippen molar-refractivity contribution < 1.29 is 19.4 Å². The minimum absolute atomic E-state index is 0.274. The lowest BCUT2D eigenvalue weighted by Crippen LogP contribution is -2.35. The molecule has 0 bridgehead atoms. The van der Waals surface area contributed by atoms with Gasteiger partial charge in [-0.2, -0.15) is 0 Å². The number of ether oxygens (including phenoxy) is 2. The summed E-state index contributed by atoms with van der Waals surface area (Å²) in [5, 5.41) is 11.6. The number of nitrogens with zero attached hydrogens (tertiary/aromatic N) is 6. The van der Waals surface area contributed by atoms with Gasteiger partial charge in [-0.15, -0.1) is 0 Å². The molecule has 260 valence electrons. The van der Waals surface area contributed by atoms with E-state index in [4.69, 9.17) is 19.4 Å². The summed E-state index contributed by atoms with van der Waals surface area (Å²) in [5.41, 5.74) is 9.77. The van der Waals surface area contributed by atoms with E-state index < -0.39 is 20.2 Å². The molecule has 7 aromatic rings. The first-order valence-corrected chi connectivity index (χ1v) is 21.0.